The minimum absolute atomic E-state index is 0.0544. The second-order valence-electron chi connectivity index (χ2n) is 42.3. The molecule has 9 heteroatoms. The lowest BCUT2D eigenvalue weighted by Gasteiger charge is -2.44. The van der Waals surface area contributed by atoms with Gasteiger partial charge in [-0.1, -0.05) is 333 Å². The molecule has 0 heterocycles. The Bertz CT molecular complexity index is 3550. The number of allylic oxidation sites excluding steroid dienone is 7. The zero-order valence-corrected chi connectivity index (χ0v) is 79.4. The highest BCUT2D eigenvalue weighted by atomic mass is 31.2. The third kappa shape index (κ3) is 23.8. The number of benzene rings is 2. The number of unbranched alkanes of at least 4 members (excludes halogenated alkanes) is 6. The first-order valence-corrected chi connectivity index (χ1v) is 54.4. The van der Waals surface area contributed by atoms with Gasteiger partial charge in [0, 0.05) is 29.1 Å². The van der Waals surface area contributed by atoms with E-state index < -0.39 is 36.0 Å². The van der Waals surface area contributed by atoms with Crippen LogP contribution < -0.4 is 10.6 Å². The summed E-state index contributed by atoms with van der Waals surface area (Å²) in [6.45, 7) is 62.6. The number of carbonyl (C=O) groups is 1. The minimum atomic E-state index is -2.74. The summed E-state index contributed by atoms with van der Waals surface area (Å²) in [5.41, 5.74) is 11.9. The minimum Gasteiger partial charge on any atom is -0.410 e. The number of aliphatic hydroxyl groups excluding tert-OH is 2. The lowest BCUT2D eigenvalue weighted by molar-refractivity contribution is -0.130. The van der Waals surface area contributed by atoms with Crippen LogP contribution in [0.3, 0.4) is 0 Å². The van der Waals surface area contributed by atoms with Crippen LogP contribution in [0.2, 0.25) is 36.3 Å². The molecule has 2 N–H and O–H groups in total. The molecule has 0 radical (unpaired) electrons. The van der Waals surface area contributed by atoms with Gasteiger partial charge in [0.1, 0.15) is 12.9 Å². The molecule has 0 aliphatic heterocycles. The first kappa shape index (κ1) is 95.0. The Labute approximate surface area is 697 Å². The quantitative estimate of drug-likeness (QED) is 0.0445. The van der Waals surface area contributed by atoms with Crippen LogP contribution in [0.15, 0.2) is 155 Å². The van der Waals surface area contributed by atoms with Crippen molar-refractivity contribution in [3.05, 3.63) is 155 Å². The Morgan fingerprint density at radius 1 is 0.487 bits per heavy atom. The summed E-state index contributed by atoms with van der Waals surface area (Å²) in [6.07, 6.45) is 52.7. The highest BCUT2D eigenvalue weighted by molar-refractivity contribution is 7.78. The summed E-state index contributed by atoms with van der Waals surface area (Å²) in [4.78, 5) is 12.1. The maximum Gasteiger partial charge on any atom is 0.192 e. The fraction of sp³-hybridized carbons (Fsp3) is 0.721. The Hall–Kier alpha value is -3.47. The highest BCUT2D eigenvalue weighted by Gasteiger charge is 2.54. The molecule has 0 saturated heterocycles. The van der Waals surface area contributed by atoms with Gasteiger partial charge in [0.25, 0.3) is 0 Å². The highest BCUT2D eigenvalue weighted by Crippen LogP contribution is 2.63. The summed E-state index contributed by atoms with van der Waals surface area (Å²) in [7, 11) is -6.46. The number of aliphatic hydroxyl groups is 2. The first-order valence-electron chi connectivity index (χ1n) is 46.7. The Balaban J connectivity index is 0.000000193. The van der Waals surface area contributed by atoms with Gasteiger partial charge in [0.05, 0.1) is 24.4 Å². The maximum atomic E-state index is 14.4. The van der Waals surface area contributed by atoms with Gasteiger partial charge in [0.2, 0.25) is 0 Å². The van der Waals surface area contributed by atoms with Crippen molar-refractivity contribution in [3.63, 3.8) is 0 Å². The number of carbonyl (C=O) groups excluding carboxylic acids is 1. The predicted molar refractivity (Wildman–Crippen MR) is 494 cm³/mol. The molecule has 9 fully saturated rings. The molecule has 0 amide bonds. The summed E-state index contributed by atoms with van der Waals surface area (Å²) in [6, 6.07) is 19.9. The van der Waals surface area contributed by atoms with Crippen LogP contribution in [0.5, 0.6) is 0 Å². The van der Waals surface area contributed by atoms with Crippen LogP contribution in [0.25, 0.3) is 0 Å². The Morgan fingerprint density at radius 2 is 0.832 bits per heavy atom. The van der Waals surface area contributed by atoms with Gasteiger partial charge in [-0.2, -0.15) is 0 Å². The van der Waals surface area contributed by atoms with Crippen LogP contribution in [0.1, 0.15) is 330 Å². The Morgan fingerprint density at radius 3 is 1.21 bits per heavy atom. The van der Waals surface area contributed by atoms with Crippen molar-refractivity contribution in [1.29, 1.82) is 0 Å². The molecule has 113 heavy (non-hydrogen) atoms. The lowest BCUT2D eigenvalue weighted by Crippen LogP contribution is -2.45. The molecule has 6 nitrogen and oxygen atoms in total. The fourth-order valence-corrected chi connectivity index (χ4v) is 28.0. The van der Waals surface area contributed by atoms with Gasteiger partial charge in [-0.25, -0.2) is 0 Å². The van der Waals surface area contributed by atoms with Crippen LogP contribution in [0, 0.1) is 81.3 Å². The molecule has 9 aliphatic rings. The SMILES string of the molecule is C=C1[C@H](C)C/C(=C/C=C2\CCC[C@]3(C)[C@@H]([C@@H](C)CCCCC)CC[C@@H]23)C[C@H]1O[Si](C)(C)C(C)(C)C.C=C1[C@H](C)C/C(=C/CP(=O)(c2ccccc2)c2ccccc2)C[C@H]1O[Si](C)(C)C(C)(C)C.C=C1[C@H](O)CC(=C/C=C2\CCC[C@]3(C)[C@@H]([C@@H](C)CCCCC)CC[C@@H]23)C[C@H]1O.CCCCC[C@H](C)[C@H]1CC[C@H]2C(=O)CCC[C@]12C. The monoisotopic (exact) mass is 1600 g/mol. The molecule has 9 saturated carbocycles. The number of ketones is 1. The van der Waals surface area contributed by atoms with E-state index in [4.69, 9.17) is 8.85 Å². The molecular formula is C104H169O6PSi2. The van der Waals surface area contributed by atoms with Crippen LogP contribution >= 0.6 is 7.14 Å². The second-order valence-corrected chi connectivity index (χ2v) is 54.7. The van der Waals surface area contributed by atoms with Crippen molar-refractivity contribution >= 4 is 40.2 Å². The van der Waals surface area contributed by atoms with Gasteiger partial charge in [0.15, 0.2) is 16.6 Å². The van der Waals surface area contributed by atoms with Crippen molar-refractivity contribution < 1.29 is 28.4 Å². The average Bonchev–Trinajstić information content (AvgIpc) is 1.41. The number of hydrogen-bond donors (Lipinski definition) is 2. The molecule has 0 bridgehead atoms. The Kier molecular flexibility index (Phi) is 35.0. The number of rotatable bonds is 25. The van der Waals surface area contributed by atoms with E-state index in [0.717, 1.165) is 102 Å². The van der Waals surface area contributed by atoms with Crippen molar-refractivity contribution in [1.82, 2.24) is 0 Å². The van der Waals surface area contributed by atoms with E-state index in [0.29, 0.717) is 64.4 Å². The normalized spacial score (nSPS) is 32.7. The van der Waals surface area contributed by atoms with Crippen LogP contribution in [-0.2, 0) is 18.2 Å². The topological polar surface area (TPSA) is 93.1 Å². The van der Waals surface area contributed by atoms with Crippen molar-refractivity contribution in [2.24, 2.45) is 81.3 Å². The van der Waals surface area contributed by atoms with E-state index in [1.54, 1.807) is 16.7 Å². The van der Waals surface area contributed by atoms with E-state index in [9.17, 15) is 19.6 Å². The third-order valence-electron chi connectivity index (χ3n) is 32.3. The average molecular weight is 1600 g/mol. The van der Waals surface area contributed by atoms with Gasteiger partial charge >= 0.3 is 0 Å². The molecule has 2 aromatic carbocycles. The van der Waals surface area contributed by atoms with E-state index in [-0.39, 0.29) is 22.3 Å². The van der Waals surface area contributed by atoms with Crippen molar-refractivity contribution in [3.8, 4) is 0 Å². The molecule has 0 spiro atoms. The second kappa shape index (κ2) is 41.7. The molecule has 2 aromatic rings. The zero-order chi connectivity index (χ0) is 83.1. The molecule has 0 aromatic heterocycles. The fourth-order valence-electron chi connectivity index (χ4n) is 22.9. The molecule has 0 unspecified atom stereocenters. The van der Waals surface area contributed by atoms with Gasteiger partial charge < -0.3 is 23.6 Å². The maximum absolute atomic E-state index is 14.4. The zero-order valence-electron chi connectivity index (χ0n) is 76.5. The first-order chi connectivity index (χ1) is 53.2. The van der Waals surface area contributed by atoms with Gasteiger partial charge in [-0.05, 0) is 257 Å². The van der Waals surface area contributed by atoms with Crippen LogP contribution in [0.4, 0.5) is 0 Å². The summed E-state index contributed by atoms with van der Waals surface area (Å²) in [5.74, 6) is 8.54. The number of hydrogen-bond acceptors (Lipinski definition) is 6. The van der Waals surface area contributed by atoms with Gasteiger partial charge in [-0.3, -0.25) is 4.79 Å². The van der Waals surface area contributed by atoms with Gasteiger partial charge in [-0.15, -0.1) is 0 Å². The standard InChI is InChI=1S/C33H58OSi.C28H39O2PSi.C26H42O2.C17H30O/c1-11-12-13-15-24(2)29-19-20-30-28(16-14-21-33(29,30)8)18-17-27-22-25(3)26(4)31(23-27)34-35(9,10)32(5,6)7;1-22-20-24(21-27(23(22)2)30-32(6,7)28(3,4)5)18-19-31(29,25-14-10-8-11-15-25)26-16-12-9-13-17-26;1-5-6-7-9-18(2)22-13-14-23-21(10-8-15-26(22,23)4)12-11-20-16-24(27)19(3)25(28)17-20;1-4-5-6-8-13(2)14-10-11-15-16(18)9-7-12-17(14,15)3/h17-18,24-25,29-31H,4,11-16,19-23H2,1-3,5-10H3;8-18,22,27H,2,19-21H2,1,3-7H3;11-12,18,22-25,27-28H,3,5-10,13-17H2,1-2,4H3;13-15H,4-12H2,1-3H3/b27-17-,28-18+;24-18-;21-12+;/t24-,25+,29+,30-,31+,33+;22-,27-;18-,22+,23-,24+,25+,26+;13-,14+,15-,17+/m0100/s1. The predicted octanol–water partition coefficient (Wildman–Crippen LogP) is 29.3. The molecule has 11 rings (SSSR count). The molecular weight excluding hydrogens is 1430 g/mol. The molecule has 9 aliphatic carbocycles. The van der Waals surface area contributed by atoms with E-state index >= 15 is 0 Å². The van der Waals surface area contributed by atoms with Crippen LogP contribution in [-0.4, -0.2) is 63.2 Å². The van der Waals surface area contributed by atoms with E-state index in [1.807, 2.05) is 60.7 Å². The summed E-state index contributed by atoms with van der Waals surface area (Å²) >= 11 is 0. The van der Waals surface area contributed by atoms with E-state index in [2.05, 4.69) is 194 Å². The summed E-state index contributed by atoms with van der Waals surface area (Å²) < 4.78 is 28.0. The smallest absolute Gasteiger partial charge is 0.192 e. The van der Waals surface area contributed by atoms with Crippen molar-refractivity contribution in [2.45, 2.75) is 390 Å². The number of fused-ring (bicyclic) bond motifs is 3. The van der Waals surface area contributed by atoms with Crippen molar-refractivity contribution in [2.75, 3.05) is 6.16 Å². The number of Topliss-reactive ketones (excluding diaryl/α,β-unsaturated/α-hetero) is 1. The lowest BCUT2D eigenvalue weighted by atomic mass is 9.60. The summed E-state index contributed by atoms with van der Waals surface area (Å²) in [5, 5.41) is 22.5. The largest absolute Gasteiger partial charge is 0.410 e. The molecule has 18 atom stereocenters. The molecule has 634 valence electrons. The third-order valence-corrected chi connectivity index (χ3v) is 44.2. The van der Waals surface area contributed by atoms with E-state index in [1.165, 1.54) is 177 Å².